The monoisotopic (exact) mass is 416 g/mol. The van der Waals surface area contributed by atoms with E-state index < -0.39 is 5.82 Å². The van der Waals surface area contributed by atoms with Crippen LogP contribution in [0.15, 0.2) is 29.5 Å². The first kappa shape index (κ1) is 21.3. The topological polar surface area (TPSA) is 109 Å². The normalized spacial score (nSPS) is 14.1. The zero-order valence-corrected chi connectivity index (χ0v) is 16.8. The van der Waals surface area contributed by atoms with Crippen molar-refractivity contribution in [2.24, 2.45) is 4.99 Å². The lowest BCUT2D eigenvalue weighted by atomic mass is 10.1. The molecule has 1 aromatic heterocycles. The Bertz CT molecular complexity index is 976. The maximum Gasteiger partial charge on any atom is 0.251 e. The van der Waals surface area contributed by atoms with Crippen molar-refractivity contribution in [3.63, 3.8) is 0 Å². The summed E-state index contributed by atoms with van der Waals surface area (Å²) in [5.41, 5.74) is 1.28. The summed E-state index contributed by atoms with van der Waals surface area (Å²) in [4.78, 5) is 24.4. The van der Waals surface area contributed by atoms with Crippen LogP contribution >= 0.6 is 0 Å². The third kappa shape index (κ3) is 5.15. The molecule has 0 radical (unpaired) electrons. The van der Waals surface area contributed by atoms with Gasteiger partial charge in [-0.3, -0.25) is 4.79 Å². The second-order valence-electron chi connectivity index (χ2n) is 6.52. The van der Waals surface area contributed by atoms with Crippen LogP contribution in [0.25, 0.3) is 0 Å². The molecular formula is C20H23FN5O4+. The van der Waals surface area contributed by atoms with Crippen LogP contribution in [0.5, 0.6) is 11.5 Å². The molecule has 2 heterocycles. The Hall–Kier alpha value is -3.40. The number of ether oxygens (including phenoxy) is 2. The maximum absolute atomic E-state index is 14.5. The molecule has 0 bridgehead atoms. The highest BCUT2D eigenvalue weighted by Gasteiger charge is 2.21. The first-order valence-corrected chi connectivity index (χ1v) is 9.34. The molecule has 0 aliphatic carbocycles. The fourth-order valence-corrected chi connectivity index (χ4v) is 2.79. The minimum Gasteiger partial charge on any atom is -0.494 e. The first-order chi connectivity index (χ1) is 14.5. The van der Waals surface area contributed by atoms with Crippen molar-refractivity contribution in [2.45, 2.75) is 13.0 Å². The van der Waals surface area contributed by atoms with Gasteiger partial charge in [0.1, 0.15) is 13.2 Å². The van der Waals surface area contributed by atoms with Crippen molar-refractivity contribution in [1.29, 1.82) is 0 Å². The number of nitrogens with zero attached hydrogens (tertiary/aromatic N) is 4. The molecular weight excluding hydrogens is 393 g/mol. The lowest BCUT2D eigenvalue weighted by Gasteiger charge is -2.12. The van der Waals surface area contributed by atoms with Gasteiger partial charge in [0.05, 0.1) is 19.5 Å². The largest absolute Gasteiger partial charge is 0.494 e. The fourth-order valence-electron chi connectivity index (χ4n) is 2.79. The highest BCUT2D eigenvalue weighted by molar-refractivity contribution is 6.33. The van der Waals surface area contributed by atoms with Crippen LogP contribution in [0.2, 0.25) is 0 Å². The van der Waals surface area contributed by atoms with Crippen LogP contribution in [-0.4, -0.2) is 71.3 Å². The highest BCUT2D eigenvalue weighted by Crippen LogP contribution is 2.24. The number of halogens is 1. The molecule has 0 spiro atoms. The summed E-state index contributed by atoms with van der Waals surface area (Å²) in [6.07, 6.45) is 5.50. The number of aromatic nitrogens is 2. The standard InChI is InChI=1S/C20H22FN5O4/c1-22-19(28)13-6-14(18(21)17(7-13)29-2)12-30-16-8-23-20(24-9-16)25-15-10-26(11-15)4-3-5-27/h6-10,27H,3-5,11-12H2,1-2H3/p+1. The number of aliphatic hydroxyl groups excluding tert-OH is 1. The Kier molecular flexibility index (Phi) is 7.02. The van der Waals surface area contributed by atoms with Crippen molar-refractivity contribution >= 4 is 23.8 Å². The molecule has 1 amide bonds. The number of aliphatic imine (C=N–C) groups is 1. The number of carbonyl (C=O) groups is 1. The lowest BCUT2D eigenvalue weighted by Crippen LogP contribution is -2.36. The molecule has 30 heavy (non-hydrogen) atoms. The number of carbonyl (C=O) groups excluding carboxylic acids is 1. The smallest absolute Gasteiger partial charge is 0.251 e. The molecule has 9 nitrogen and oxygen atoms in total. The van der Waals surface area contributed by atoms with Crippen LogP contribution in [-0.2, 0) is 6.61 Å². The Balaban J connectivity index is 1.64. The van der Waals surface area contributed by atoms with Gasteiger partial charge in [0, 0.05) is 31.2 Å². The van der Waals surface area contributed by atoms with Gasteiger partial charge in [0.25, 0.3) is 5.91 Å². The molecule has 2 aromatic rings. The zero-order chi connectivity index (χ0) is 21.5. The van der Waals surface area contributed by atoms with E-state index in [9.17, 15) is 9.18 Å². The number of amides is 1. The van der Waals surface area contributed by atoms with Crippen LogP contribution in [0, 0.1) is 5.82 Å². The van der Waals surface area contributed by atoms with Gasteiger partial charge in [0.2, 0.25) is 5.95 Å². The third-order valence-corrected chi connectivity index (χ3v) is 4.38. The van der Waals surface area contributed by atoms with Crippen LogP contribution in [0.3, 0.4) is 0 Å². The average molecular weight is 416 g/mol. The highest BCUT2D eigenvalue weighted by atomic mass is 19.1. The zero-order valence-electron chi connectivity index (χ0n) is 16.8. The van der Waals surface area contributed by atoms with Gasteiger partial charge in [-0.05, 0) is 12.1 Å². The van der Waals surface area contributed by atoms with E-state index in [1.54, 1.807) is 0 Å². The second kappa shape index (κ2) is 9.88. The molecule has 0 atom stereocenters. The van der Waals surface area contributed by atoms with Crippen LogP contribution < -0.4 is 14.8 Å². The molecule has 158 valence electrons. The summed E-state index contributed by atoms with van der Waals surface area (Å²) in [6, 6.07) is 2.74. The number of benzene rings is 1. The molecule has 1 aliphatic heterocycles. The van der Waals surface area contributed by atoms with Crippen LogP contribution in [0.1, 0.15) is 22.3 Å². The van der Waals surface area contributed by atoms with Crippen molar-refractivity contribution in [1.82, 2.24) is 15.3 Å². The Morgan fingerprint density at radius 2 is 2.10 bits per heavy atom. The van der Waals surface area contributed by atoms with E-state index in [4.69, 9.17) is 14.6 Å². The first-order valence-electron chi connectivity index (χ1n) is 9.34. The lowest BCUT2D eigenvalue weighted by molar-refractivity contribution is -0.519. The summed E-state index contributed by atoms with van der Waals surface area (Å²) in [7, 11) is 2.82. The SMILES string of the molecule is CNC(=O)c1cc(COc2cnc(N=C3C=[N+](CCCO)C3)nc2)c(F)c(OC)c1. The van der Waals surface area contributed by atoms with Gasteiger partial charge in [-0.2, -0.15) is 0 Å². The van der Waals surface area contributed by atoms with Crippen molar-refractivity contribution in [2.75, 3.05) is 33.9 Å². The summed E-state index contributed by atoms with van der Waals surface area (Å²) < 4.78 is 27.1. The summed E-state index contributed by atoms with van der Waals surface area (Å²) >= 11 is 0. The van der Waals surface area contributed by atoms with E-state index in [0.29, 0.717) is 24.7 Å². The van der Waals surface area contributed by atoms with E-state index in [-0.39, 0.29) is 36.0 Å². The summed E-state index contributed by atoms with van der Waals surface area (Å²) in [6.45, 7) is 1.50. The molecule has 2 N–H and O–H groups in total. The maximum atomic E-state index is 14.5. The number of hydrogen-bond acceptors (Lipinski definition) is 7. The quantitative estimate of drug-likeness (QED) is 0.593. The van der Waals surface area contributed by atoms with Crippen molar-refractivity contribution < 1.29 is 28.3 Å². The molecule has 3 rings (SSSR count). The van der Waals surface area contributed by atoms with E-state index in [1.807, 2.05) is 10.8 Å². The number of nitrogens with one attached hydrogen (secondary N) is 1. The molecule has 0 fully saturated rings. The van der Waals surface area contributed by atoms with Gasteiger partial charge in [-0.1, -0.05) is 0 Å². The van der Waals surface area contributed by atoms with Crippen LogP contribution in [0.4, 0.5) is 10.3 Å². The second-order valence-corrected chi connectivity index (χ2v) is 6.52. The third-order valence-electron chi connectivity index (χ3n) is 4.38. The number of hydrogen-bond donors (Lipinski definition) is 2. The average Bonchev–Trinajstić information content (AvgIpc) is 2.74. The Morgan fingerprint density at radius 1 is 1.37 bits per heavy atom. The molecule has 0 saturated heterocycles. The van der Waals surface area contributed by atoms with Crippen molar-refractivity contribution in [3.8, 4) is 11.5 Å². The van der Waals surface area contributed by atoms with Gasteiger partial charge < -0.3 is 19.9 Å². The predicted octanol–water partition coefficient (Wildman–Crippen LogP) is 1.11. The molecule has 0 unspecified atom stereocenters. The molecule has 0 saturated carbocycles. The van der Waals surface area contributed by atoms with Gasteiger partial charge >= 0.3 is 0 Å². The van der Waals surface area contributed by atoms with E-state index >= 15 is 0 Å². The Labute approximate surface area is 172 Å². The van der Waals surface area contributed by atoms with Crippen molar-refractivity contribution in [3.05, 3.63) is 41.5 Å². The van der Waals surface area contributed by atoms with Gasteiger partial charge in [0.15, 0.2) is 35.8 Å². The minimum atomic E-state index is -0.597. The minimum absolute atomic E-state index is 0.0399. The summed E-state index contributed by atoms with van der Waals surface area (Å²) in [5, 5.41) is 11.3. The van der Waals surface area contributed by atoms with E-state index in [2.05, 4.69) is 20.3 Å². The van der Waals surface area contributed by atoms with Gasteiger partial charge in [-0.15, -0.1) is 0 Å². The molecule has 1 aromatic carbocycles. The van der Waals surface area contributed by atoms with E-state index in [1.165, 1.54) is 38.7 Å². The summed E-state index contributed by atoms with van der Waals surface area (Å²) in [5.74, 6) is -0.360. The molecule has 10 heteroatoms. The predicted molar refractivity (Wildman–Crippen MR) is 108 cm³/mol. The Morgan fingerprint density at radius 3 is 2.73 bits per heavy atom. The van der Waals surface area contributed by atoms with Gasteiger partial charge in [-0.25, -0.2) is 23.9 Å². The fraction of sp³-hybridized carbons (Fsp3) is 0.350. The number of rotatable bonds is 9. The number of methoxy groups -OCH3 is 1. The molecule has 1 aliphatic rings. The number of aliphatic hydroxyl groups is 1. The van der Waals surface area contributed by atoms with E-state index in [0.717, 1.165) is 12.3 Å².